The summed E-state index contributed by atoms with van der Waals surface area (Å²) >= 11 is 0. The fraction of sp³-hybridized carbons (Fsp3) is 1.00. The van der Waals surface area contributed by atoms with Gasteiger partial charge in [0.15, 0.2) is 0 Å². The highest BCUT2D eigenvalue weighted by Crippen LogP contribution is 2.13. The van der Waals surface area contributed by atoms with Crippen molar-refractivity contribution >= 4 is 0 Å². The third-order valence-electron chi connectivity index (χ3n) is 2.81. The fourth-order valence-electron chi connectivity index (χ4n) is 1.94. The molecule has 0 aromatic carbocycles. The van der Waals surface area contributed by atoms with Crippen LogP contribution in [0.5, 0.6) is 0 Å². The van der Waals surface area contributed by atoms with Crippen LogP contribution in [-0.2, 0) is 4.74 Å². The number of ether oxygens (including phenoxy) is 1. The van der Waals surface area contributed by atoms with Gasteiger partial charge in [-0.15, -0.1) is 0 Å². The second-order valence-corrected chi connectivity index (χ2v) is 4.27. The molecule has 2 unspecified atom stereocenters. The Morgan fingerprint density at radius 3 is 2.79 bits per heavy atom. The van der Waals surface area contributed by atoms with Crippen molar-refractivity contribution in [1.29, 1.82) is 0 Å². The van der Waals surface area contributed by atoms with Crippen LogP contribution in [0.15, 0.2) is 0 Å². The van der Waals surface area contributed by atoms with Crippen molar-refractivity contribution in [3.63, 3.8) is 0 Å². The largest absolute Gasteiger partial charge is 0.389 e. The van der Waals surface area contributed by atoms with E-state index in [0.717, 1.165) is 19.6 Å². The van der Waals surface area contributed by atoms with E-state index in [1.807, 2.05) is 0 Å². The van der Waals surface area contributed by atoms with Gasteiger partial charge >= 0.3 is 0 Å². The first-order valence-electron chi connectivity index (χ1n) is 5.19. The Bertz CT molecular complexity index is 164. The molecule has 1 fully saturated rings. The number of methoxy groups -OCH3 is 1. The summed E-state index contributed by atoms with van der Waals surface area (Å²) in [5.74, 6) is 0. The van der Waals surface area contributed by atoms with Crippen molar-refractivity contribution in [2.45, 2.75) is 18.6 Å². The van der Waals surface area contributed by atoms with Gasteiger partial charge in [0.05, 0.1) is 12.7 Å². The third-order valence-corrected chi connectivity index (χ3v) is 2.81. The van der Waals surface area contributed by atoms with Crippen LogP contribution in [0.4, 0.5) is 0 Å². The topological polar surface area (TPSA) is 35.9 Å². The van der Waals surface area contributed by atoms with Crippen molar-refractivity contribution in [2.75, 3.05) is 47.4 Å². The molecule has 0 spiro atoms. The zero-order valence-electron chi connectivity index (χ0n) is 9.44. The van der Waals surface area contributed by atoms with Crippen LogP contribution in [0.3, 0.4) is 0 Å². The van der Waals surface area contributed by atoms with E-state index in [1.54, 1.807) is 7.11 Å². The number of rotatable bonds is 5. The van der Waals surface area contributed by atoms with Crippen LogP contribution >= 0.6 is 0 Å². The lowest BCUT2D eigenvalue weighted by molar-refractivity contribution is 0.0417. The number of likely N-dealkylation sites (tertiary alicyclic amines) is 1. The summed E-state index contributed by atoms with van der Waals surface area (Å²) < 4.78 is 4.90. The van der Waals surface area contributed by atoms with Crippen LogP contribution in [0.1, 0.15) is 6.42 Å². The van der Waals surface area contributed by atoms with Crippen molar-refractivity contribution in [3.05, 3.63) is 0 Å². The van der Waals surface area contributed by atoms with Gasteiger partial charge in [-0.3, -0.25) is 4.90 Å². The molecular weight excluding hydrogens is 180 g/mol. The molecule has 2 atom stereocenters. The monoisotopic (exact) mass is 202 g/mol. The summed E-state index contributed by atoms with van der Waals surface area (Å²) in [6.45, 7) is 3.32. The van der Waals surface area contributed by atoms with E-state index in [0.29, 0.717) is 12.6 Å². The quantitative estimate of drug-likeness (QED) is 0.660. The maximum atomic E-state index is 9.55. The summed E-state index contributed by atoms with van der Waals surface area (Å²) in [6.07, 6.45) is 0.855. The van der Waals surface area contributed by atoms with Gasteiger partial charge < -0.3 is 14.7 Å². The number of nitrogens with zero attached hydrogens (tertiary/aromatic N) is 2. The molecule has 1 N–H and O–H groups in total. The molecule has 0 aromatic heterocycles. The molecule has 0 aliphatic carbocycles. The highest BCUT2D eigenvalue weighted by molar-refractivity contribution is 4.81. The van der Waals surface area contributed by atoms with Gasteiger partial charge in [-0.1, -0.05) is 0 Å². The van der Waals surface area contributed by atoms with E-state index in [4.69, 9.17) is 4.74 Å². The Morgan fingerprint density at radius 2 is 2.29 bits per heavy atom. The SMILES string of the molecule is COCC(O)CN1CCC(N(C)C)C1. The van der Waals surface area contributed by atoms with Gasteiger partial charge in [-0.25, -0.2) is 0 Å². The molecule has 0 radical (unpaired) electrons. The lowest BCUT2D eigenvalue weighted by atomic mass is 10.2. The molecule has 0 amide bonds. The van der Waals surface area contributed by atoms with E-state index in [9.17, 15) is 5.11 Å². The first-order chi connectivity index (χ1) is 6.63. The van der Waals surface area contributed by atoms with E-state index >= 15 is 0 Å². The number of hydrogen-bond donors (Lipinski definition) is 1. The van der Waals surface area contributed by atoms with Crippen LogP contribution in [0.25, 0.3) is 0 Å². The zero-order chi connectivity index (χ0) is 10.6. The van der Waals surface area contributed by atoms with Gasteiger partial charge in [-0.05, 0) is 27.1 Å². The molecule has 0 saturated carbocycles. The fourth-order valence-corrected chi connectivity index (χ4v) is 1.94. The highest BCUT2D eigenvalue weighted by Gasteiger charge is 2.24. The van der Waals surface area contributed by atoms with Gasteiger partial charge in [0.25, 0.3) is 0 Å². The summed E-state index contributed by atoms with van der Waals surface area (Å²) in [7, 11) is 5.84. The molecular formula is C10H22N2O2. The lowest BCUT2D eigenvalue weighted by Crippen LogP contribution is -2.36. The summed E-state index contributed by atoms with van der Waals surface area (Å²) in [5.41, 5.74) is 0. The predicted octanol–water partition coefficient (Wildman–Crippen LogP) is -0.370. The average molecular weight is 202 g/mol. The molecule has 4 nitrogen and oxygen atoms in total. The predicted molar refractivity (Wildman–Crippen MR) is 56.4 cm³/mol. The first-order valence-corrected chi connectivity index (χ1v) is 5.19. The Labute approximate surface area is 86.4 Å². The molecule has 0 bridgehead atoms. The Morgan fingerprint density at radius 1 is 1.57 bits per heavy atom. The molecule has 0 aromatic rings. The standard InChI is InChI=1S/C10H22N2O2/c1-11(2)9-4-5-12(6-9)7-10(13)8-14-3/h9-10,13H,4-8H2,1-3H3. The number of aliphatic hydroxyl groups excluding tert-OH is 1. The number of likely N-dealkylation sites (N-methyl/N-ethyl adjacent to an activating group) is 1. The Hall–Kier alpha value is -0.160. The van der Waals surface area contributed by atoms with Crippen molar-refractivity contribution in [2.24, 2.45) is 0 Å². The molecule has 1 aliphatic rings. The van der Waals surface area contributed by atoms with Gasteiger partial charge in [0.1, 0.15) is 0 Å². The number of hydrogen-bond acceptors (Lipinski definition) is 4. The Kier molecular flexibility index (Phi) is 4.81. The number of aliphatic hydroxyl groups is 1. The Balaban J connectivity index is 2.21. The molecule has 14 heavy (non-hydrogen) atoms. The van der Waals surface area contributed by atoms with Gasteiger partial charge in [-0.2, -0.15) is 0 Å². The molecule has 1 saturated heterocycles. The second kappa shape index (κ2) is 5.66. The smallest absolute Gasteiger partial charge is 0.0900 e. The summed E-state index contributed by atoms with van der Waals surface area (Å²) in [4.78, 5) is 4.55. The summed E-state index contributed by atoms with van der Waals surface area (Å²) in [5, 5.41) is 9.55. The zero-order valence-corrected chi connectivity index (χ0v) is 9.44. The van der Waals surface area contributed by atoms with E-state index < -0.39 is 0 Å². The number of β-amino-alcohol motifs (C(OH)–C–C–N with tert-alkyl or cyclic N) is 1. The maximum absolute atomic E-state index is 9.55. The first kappa shape index (κ1) is 11.9. The molecule has 84 valence electrons. The third kappa shape index (κ3) is 3.53. The second-order valence-electron chi connectivity index (χ2n) is 4.27. The summed E-state index contributed by atoms with van der Waals surface area (Å²) in [6, 6.07) is 0.643. The maximum Gasteiger partial charge on any atom is 0.0900 e. The van der Waals surface area contributed by atoms with Crippen molar-refractivity contribution in [1.82, 2.24) is 9.80 Å². The van der Waals surface area contributed by atoms with Crippen LogP contribution in [0, 0.1) is 0 Å². The van der Waals surface area contributed by atoms with E-state index in [1.165, 1.54) is 6.42 Å². The van der Waals surface area contributed by atoms with Crippen molar-refractivity contribution < 1.29 is 9.84 Å². The molecule has 1 rings (SSSR count). The normalized spacial score (nSPS) is 25.9. The van der Waals surface area contributed by atoms with E-state index in [2.05, 4.69) is 23.9 Å². The van der Waals surface area contributed by atoms with E-state index in [-0.39, 0.29) is 6.10 Å². The molecule has 1 aliphatic heterocycles. The lowest BCUT2D eigenvalue weighted by Gasteiger charge is -2.22. The minimum absolute atomic E-state index is 0.346. The van der Waals surface area contributed by atoms with Crippen LogP contribution in [-0.4, -0.2) is 74.5 Å². The van der Waals surface area contributed by atoms with Crippen LogP contribution < -0.4 is 0 Å². The molecule has 4 heteroatoms. The minimum atomic E-state index is -0.346. The molecule has 1 heterocycles. The average Bonchev–Trinajstić information content (AvgIpc) is 2.53. The highest BCUT2D eigenvalue weighted by atomic mass is 16.5. The van der Waals surface area contributed by atoms with Crippen LogP contribution in [0.2, 0.25) is 0 Å². The van der Waals surface area contributed by atoms with Crippen molar-refractivity contribution in [3.8, 4) is 0 Å². The minimum Gasteiger partial charge on any atom is -0.389 e. The van der Waals surface area contributed by atoms with Gasteiger partial charge in [0, 0.05) is 26.2 Å². The van der Waals surface area contributed by atoms with Gasteiger partial charge in [0.2, 0.25) is 0 Å².